The molecule has 0 N–H and O–H groups in total. The van der Waals surface area contributed by atoms with E-state index in [1.54, 1.807) is 29.2 Å². The smallest absolute Gasteiger partial charge is 0.254 e. The van der Waals surface area contributed by atoms with Gasteiger partial charge in [0.15, 0.2) is 16.7 Å². The summed E-state index contributed by atoms with van der Waals surface area (Å²) in [5, 5.41) is 10.1. The van der Waals surface area contributed by atoms with Gasteiger partial charge in [0.1, 0.15) is 5.82 Å². The van der Waals surface area contributed by atoms with E-state index in [0.29, 0.717) is 50.9 Å². The second kappa shape index (κ2) is 7.30. The second-order valence-corrected chi connectivity index (χ2v) is 8.81. The number of hydrogen-bond acceptors (Lipinski definition) is 5. The van der Waals surface area contributed by atoms with Crippen molar-refractivity contribution in [3.63, 3.8) is 0 Å². The van der Waals surface area contributed by atoms with E-state index in [0.717, 1.165) is 4.70 Å². The number of amides is 1. The molecular formula is C20H14Cl2FN5OS. The van der Waals surface area contributed by atoms with Gasteiger partial charge in [0, 0.05) is 18.7 Å². The van der Waals surface area contributed by atoms with E-state index < -0.39 is 0 Å². The van der Waals surface area contributed by atoms with Crippen LogP contribution in [0.15, 0.2) is 36.4 Å². The fraction of sp³-hybridized carbons (Fsp3) is 0.200. The Morgan fingerprint density at radius 2 is 1.97 bits per heavy atom. The van der Waals surface area contributed by atoms with Crippen LogP contribution >= 0.6 is 34.5 Å². The van der Waals surface area contributed by atoms with Crippen LogP contribution in [0.25, 0.3) is 21.0 Å². The number of benzene rings is 2. The topological polar surface area (TPSA) is 63.9 Å². The summed E-state index contributed by atoms with van der Waals surface area (Å²) < 4.78 is 16.2. The SMILES string of the molecule is C[C@@H]1c2nnc(-c3nc4ccc(F)cc4s3)n2CCN1C(=O)c1ccc(Cl)c(Cl)c1. The van der Waals surface area contributed by atoms with Crippen LogP contribution in [0.3, 0.4) is 0 Å². The predicted octanol–water partition coefficient (Wildman–Crippen LogP) is 5.22. The fourth-order valence-corrected chi connectivity index (χ4v) is 4.89. The minimum atomic E-state index is -0.300. The van der Waals surface area contributed by atoms with Crippen molar-refractivity contribution in [2.24, 2.45) is 0 Å². The van der Waals surface area contributed by atoms with Crippen LogP contribution < -0.4 is 0 Å². The Morgan fingerprint density at radius 3 is 2.77 bits per heavy atom. The molecule has 6 nitrogen and oxygen atoms in total. The molecule has 5 rings (SSSR count). The first-order chi connectivity index (χ1) is 14.4. The first kappa shape index (κ1) is 19.4. The summed E-state index contributed by atoms with van der Waals surface area (Å²) in [5.74, 6) is 0.855. The van der Waals surface area contributed by atoms with E-state index in [2.05, 4.69) is 15.2 Å². The summed E-state index contributed by atoms with van der Waals surface area (Å²) in [7, 11) is 0. The lowest BCUT2D eigenvalue weighted by Gasteiger charge is -2.33. The van der Waals surface area contributed by atoms with E-state index in [4.69, 9.17) is 23.2 Å². The normalized spacial score (nSPS) is 16.1. The third kappa shape index (κ3) is 3.15. The minimum absolute atomic E-state index is 0.146. The summed E-state index contributed by atoms with van der Waals surface area (Å²) in [6, 6.07) is 9.07. The summed E-state index contributed by atoms with van der Waals surface area (Å²) >= 11 is 13.4. The molecule has 1 aliphatic rings. The van der Waals surface area contributed by atoms with Crippen LogP contribution in [0, 0.1) is 5.82 Å². The Bertz CT molecular complexity index is 1300. The summed E-state index contributed by atoms with van der Waals surface area (Å²) in [6.45, 7) is 2.92. The molecule has 0 radical (unpaired) electrons. The molecule has 4 aromatic rings. The maximum absolute atomic E-state index is 13.5. The highest BCUT2D eigenvalue weighted by atomic mass is 35.5. The van der Waals surface area contributed by atoms with Gasteiger partial charge >= 0.3 is 0 Å². The van der Waals surface area contributed by atoms with Gasteiger partial charge < -0.3 is 9.47 Å². The molecule has 2 aromatic carbocycles. The number of aromatic nitrogens is 4. The molecule has 1 aliphatic heterocycles. The van der Waals surface area contributed by atoms with Crippen LogP contribution in [0.4, 0.5) is 4.39 Å². The van der Waals surface area contributed by atoms with Crippen molar-refractivity contribution in [2.45, 2.75) is 19.5 Å². The van der Waals surface area contributed by atoms with Crippen molar-refractivity contribution in [1.29, 1.82) is 0 Å². The first-order valence-corrected chi connectivity index (χ1v) is 10.7. The first-order valence-electron chi connectivity index (χ1n) is 9.18. The van der Waals surface area contributed by atoms with Gasteiger partial charge in [0.2, 0.25) is 0 Å². The van der Waals surface area contributed by atoms with Crippen molar-refractivity contribution in [1.82, 2.24) is 24.6 Å². The van der Waals surface area contributed by atoms with Crippen molar-refractivity contribution in [2.75, 3.05) is 6.54 Å². The number of carbonyl (C=O) groups is 1. The average Bonchev–Trinajstić information content (AvgIpc) is 3.33. The van der Waals surface area contributed by atoms with Crippen molar-refractivity contribution in [3.8, 4) is 10.8 Å². The van der Waals surface area contributed by atoms with Gasteiger partial charge in [0.25, 0.3) is 5.91 Å². The van der Waals surface area contributed by atoms with Crippen LogP contribution in [0.1, 0.15) is 29.1 Å². The summed E-state index contributed by atoms with van der Waals surface area (Å²) in [5.41, 5.74) is 1.19. The summed E-state index contributed by atoms with van der Waals surface area (Å²) in [6.07, 6.45) is 0. The third-order valence-corrected chi connectivity index (χ3v) is 6.91. The molecule has 1 amide bonds. The maximum Gasteiger partial charge on any atom is 0.254 e. The number of halogens is 3. The van der Waals surface area contributed by atoms with Gasteiger partial charge in [-0.3, -0.25) is 4.79 Å². The number of nitrogens with zero attached hydrogens (tertiary/aromatic N) is 5. The lowest BCUT2D eigenvalue weighted by atomic mass is 10.1. The number of fused-ring (bicyclic) bond motifs is 2. The molecule has 0 saturated carbocycles. The van der Waals surface area contributed by atoms with Gasteiger partial charge in [-0.15, -0.1) is 21.5 Å². The quantitative estimate of drug-likeness (QED) is 0.410. The molecule has 30 heavy (non-hydrogen) atoms. The van der Waals surface area contributed by atoms with E-state index in [-0.39, 0.29) is 17.8 Å². The lowest BCUT2D eigenvalue weighted by Crippen LogP contribution is -2.41. The standard InChI is InChI=1S/C20H14Cl2FN5OS/c1-10-17-25-26-18(19-24-15-5-3-12(23)9-16(15)30-19)28(17)7-6-27(10)20(29)11-2-4-13(21)14(22)8-11/h2-5,8-10H,6-7H2,1H3/t10-/m1/s1. The third-order valence-electron chi connectivity index (χ3n) is 5.15. The zero-order valence-electron chi connectivity index (χ0n) is 15.6. The Morgan fingerprint density at radius 1 is 1.13 bits per heavy atom. The Labute approximate surface area is 184 Å². The largest absolute Gasteiger partial charge is 0.327 e. The second-order valence-electron chi connectivity index (χ2n) is 6.97. The van der Waals surface area contributed by atoms with Crippen LogP contribution in [0.5, 0.6) is 0 Å². The predicted molar refractivity (Wildman–Crippen MR) is 115 cm³/mol. The highest BCUT2D eigenvalue weighted by Crippen LogP contribution is 2.34. The highest BCUT2D eigenvalue weighted by molar-refractivity contribution is 7.21. The lowest BCUT2D eigenvalue weighted by molar-refractivity contribution is 0.0638. The molecule has 152 valence electrons. The van der Waals surface area contributed by atoms with Gasteiger partial charge in [-0.25, -0.2) is 9.37 Å². The van der Waals surface area contributed by atoms with Gasteiger partial charge in [-0.2, -0.15) is 0 Å². The zero-order chi connectivity index (χ0) is 21.0. The maximum atomic E-state index is 13.5. The zero-order valence-corrected chi connectivity index (χ0v) is 18.0. The van der Waals surface area contributed by atoms with Crippen LogP contribution in [-0.4, -0.2) is 37.1 Å². The van der Waals surface area contributed by atoms with E-state index in [1.807, 2.05) is 11.5 Å². The monoisotopic (exact) mass is 461 g/mol. The van der Waals surface area contributed by atoms with Crippen molar-refractivity contribution >= 4 is 50.7 Å². The van der Waals surface area contributed by atoms with Crippen molar-refractivity contribution < 1.29 is 9.18 Å². The molecule has 2 aromatic heterocycles. The molecule has 0 saturated heterocycles. The number of rotatable bonds is 2. The molecule has 0 fully saturated rings. The number of thiazole rings is 1. The molecule has 0 aliphatic carbocycles. The van der Waals surface area contributed by atoms with Gasteiger partial charge in [-0.1, -0.05) is 23.2 Å². The Hall–Kier alpha value is -2.55. The average molecular weight is 462 g/mol. The fourth-order valence-electron chi connectivity index (χ4n) is 3.61. The molecule has 0 bridgehead atoms. The Balaban J connectivity index is 1.47. The molecular weight excluding hydrogens is 448 g/mol. The molecule has 10 heteroatoms. The summed E-state index contributed by atoms with van der Waals surface area (Å²) in [4.78, 5) is 19.3. The van der Waals surface area contributed by atoms with Crippen LogP contribution in [-0.2, 0) is 6.54 Å². The van der Waals surface area contributed by atoms with E-state index >= 15 is 0 Å². The molecule has 3 heterocycles. The Kier molecular flexibility index (Phi) is 4.72. The molecule has 1 atom stereocenters. The van der Waals surface area contributed by atoms with E-state index in [1.165, 1.54) is 23.5 Å². The van der Waals surface area contributed by atoms with Gasteiger partial charge in [-0.05, 0) is 43.3 Å². The number of hydrogen-bond donors (Lipinski definition) is 0. The number of carbonyl (C=O) groups excluding carboxylic acids is 1. The highest BCUT2D eigenvalue weighted by Gasteiger charge is 2.32. The molecule has 0 unspecified atom stereocenters. The van der Waals surface area contributed by atoms with Crippen LogP contribution in [0.2, 0.25) is 10.0 Å². The van der Waals surface area contributed by atoms with E-state index in [9.17, 15) is 9.18 Å². The van der Waals surface area contributed by atoms with Crippen molar-refractivity contribution in [3.05, 3.63) is 63.6 Å². The van der Waals surface area contributed by atoms with Gasteiger partial charge in [0.05, 0.1) is 26.3 Å². The minimum Gasteiger partial charge on any atom is -0.327 e. The molecule has 0 spiro atoms.